The largest absolute Gasteiger partial charge is 0.357 e. The summed E-state index contributed by atoms with van der Waals surface area (Å²) in [5.41, 5.74) is 0.994. The van der Waals surface area contributed by atoms with Crippen molar-refractivity contribution in [2.45, 2.75) is 31.1 Å². The Balaban J connectivity index is 2.24. The van der Waals surface area contributed by atoms with Crippen molar-refractivity contribution >= 4 is 21.7 Å². The van der Waals surface area contributed by atoms with E-state index >= 15 is 0 Å². The molecule has 1 saturated heterocycles. The molecule has 1 aliphatic rings. The zero-order chi connectivity index (χ0) is 17.0. The van der Waals surface area contributed by atoms with Crippen LogP contribution in [0.15, 0.2) is 24.3 Å². The van der Waals surface area contributed by atoms with E-state index in [4.69, 9.17) is 0 Å². The molecule has 0 aromatic heterocycles. The lowest BCUT2D eigenvalue weighted by Gasteiger charge is -2.34. The Morgan fingerprint density at radius 1 is 1.30 bits per heavy atom. The van der Waals surface area contributed by atoms with Gasteiger partial charge in [-0.1, -0.05) is 12.1 Å². The van der Waals surface area contributed by atoms with Crippen molar-refractivity contribution in [2.24, 2.45) is 0 Å². The fourth-order valence-electron chi connectivity index (χ4n) is 2.88. The van der Waals surface area contributed by atoms with Crippen molar-refractivity contribution < 1.29 is 18.0 Å². The maximum absolute atomic E-state index is 12.7. The number of amides is 2. The van der Waals surface area contributed by atoms with Gasteiger partial charge in [0, 0.05) is 25.4 Å². The van der Waals surface area contributed by atoms with Gasteiger partial charge in [-0.3, -0.25) is 9.59 Å². The number of likely N-dealkylation sites (N-methyl/N-ethyl adjacent to an activating group) is 1. The molecule has 2 rings (SSSR count). The van der Waals surface area contributed by atoms with Gasteiger partial charge in [0.2, 0.25) is 5.91 Å². The van der Waals surface area contributed by atoms with Crippen LogP contribution in [0, 0.1) is 0 Å². The number of piperidine rings is 1. The lowest BCUT2D eigenvalue weighted by molar-refractivity contribution is -0.126. The van der Waals surface area contributed by atoms with Crippen molar-refractivity contribution in [3.05, 3.63) is 35.4 Å². The molecule has 0 radical (unpaired) electrons. The molecule has 0 saturated carbocycles. The molecule has 0 spiro atoms. The third-order valence-electron chi connectivity index (χ3n) is 3.92. The number of carbonyl (C=O) groups is 2. The molecule has 1 N–H and O–H groups in total. The van der Waals surface area contributed by atoms with E-state index in [1.165, 1.54) is 0 Å². The number of hydrogen-bond acceptors (Lipinski definition) is 4. The zero-order valence-corrected chi connectivity index (χ0v) is 14.2. The Bertz CT molecular complexity index is 700. The first-order chi connectivity index (χ1) is 10.8. The van der Waals surface area contributed by atoms with Crippen LogP contribution in [-0.2, 0) is 20.4 Å². The van der Waals surface area contributed by atoms with Crippen LogP contribution < -0.4 is 5.32 Å². The topological polar surface area (TPSA) is 83.6 Å². The average Bonchev–Trinajstić information content (AvgIpc) is 2.52. The van der Waals surface area contributed by atoms with Crippen molar-refractivity contribution in [3.63, 3.8) is 0 Å². The number of benzene rings is 1. The summed E-state index contributed by atoms with van der Waals surface area (Å²) < 4.78 is 22.8. The molecule has 1 aromatic rings. The molecule has 126 valence electrons. The molecule has 7 heteroatoms. The monoisotopic (exact) mass is 338 g/mol. The summed E-state index contributed by atoms with van der Waals surface area (Å²) in [6, 6.07) is 6.15. The van der Waals surface area contributed by atoms with E-state index in [-0.39, 0.29) is 17.6 Å². The van der Waals surface area contributed by atoms with Crippen molar-refractivity contribution in [2.75, 3.05) is 19.8 Å². The smallest absolute Gasteiger partial charge is 0.254 e. The summed E-state index contributed by atoms with van der Waals surface area (Å²) in [6.07, 6.45) is 3.58. The summed E-state index contributed by atoms with van der Waals surface area (Å²) in [7, 11) is -1.60. The van der Waals surface area contributed by atoms with Gasteiger partial charge >= 0.3 is 0 Å². The van der Waals surface area contributed by atoms with E-state index in [1.54, 1.807) is 36.2 Å². The molecule has 1 heterocycles. The van der Waals surface area contributed by atoms with Gasteiger partial charge in [0.05, 0.1) is 5.75 Å². The molecule has 0 aliphatic carbocycles. The van der Waals surface area contributed by atoms with Crippen LogP contribution in [0.5, 0.6) is 0 Å². The summed E-state index contributed by atoms with van der Waals surface area (Å²) in [4.78, 5) is 26.3. The van der Waals surface area contributed by atoms with Gasteiger partial charge in [-0.05, 0) is 37.0 Å². The highest BCUT2D eigenvalue weighted by molar-refractivity contribution is 7.89. The highest BCUT2D eigenvalue weighted by Gasteiger charge is 2.32. The first-order valence-electron chi connectivity index (χ1n) is 7.61. The SMILES string of the molecule is CNC(=O)C1CCCCN1C(=O)c1cccc(CS(C)(=O)=O)c1. The lowest BCUT2D eigenvalue weighted by Crippen LogP contribution is -2.51. The number of hydrogen-bond donors (Lipinski definition) is 1. The van der Waals surface area contributed by atoms with E-state index in [2.05, 4.69) is 5.32 Å². The van der Waals surface area contributed by atoms with Crippen molar-refractivity contribution in [1.29, 1.82) is 0 Å². The van der Waals surface area contributed by atoms with Gasteiger partial charge < -0.3 is 10.2 Å². The van der Waals surface area contributed by atoms with Crippen LogP contribution in [0.25, 0.3) is 0 Å². The maximum atomic E-state index is 12.7. The number of carbonyl (C=O) groups excluding carboxylic acids is 2. The van der Waals surface area contributed by atoms with Gasteiger partial charge in [0.25, 0.3) is 5.91 Å². The van der Waals surface area contributed by atoms with Crippen LogP contribution in [0.2, 0.25) is 0 Å². The van der Waals surface area contributed by atoms with Gasteiger partial charge in [0.15, 0.2) is 9.84 Å². The highest BCUT2D eigenvalue weighted by Crippen LogP contribution is 2.20. The van der Waals surface area contributed by atoms with Crippen LogP contribution in [0.3, 0.4) is 0 Å². The molecule has 0 bridgehead atoms. The first-order valence-corrected chi connectivity index (χ1v) is 9.67. The minimum Gasteiger partial charge on any atom is -0.357 e. The Hall–Kier alpha value is -1.89. The third-order valence-corrected chi connectivity index (χ3v) is 4.77. The van der Waals surface area contributed by atoms with E-state index in [1.807, 2.05) is 0 Å². The molecule has 1 atom stereocenters. The standard InChI is InChI=1S/C16H22N2O4S/c1-17-15(19)14-8-3-4-9-18(14)16(20)13-7-5-6-12(10-13)11-23(2,21)22/h5-7,10,14H,3-4,8-9,11H2,1-2H3,(H,17,19). The molecular weight excluding hydrogens is 316 g/mol. The van der Waals surface area contributed by atoms with Crippen molar-refractivity contribution in [3.8, 4) is 0 Å². The van der Waals surface area contributed by atoms with Gasteiger partial charge in [-0.15, -0.1) is 0 Å². The minimum absolute atomic E-state index is 0.104. The Kier molecular flexibility index (Phi) is 5.41. The zero-order valence-electron chi connectivity index (χ0n) is 13.4. The van der Waals surface area contributed by atoms with Gasteiger partial charge in [0.1, 0.15) is 6.04 Å². The second kappa shape index (κ2) is 7.12. The van der Waals surface area contributed by atoms with E-state index in [0.29, 0.717) is 24.1 Å². The number of sulfone groups is 1. The second-order valence-electron chi connectivity index (χ2n) is 5.89. The highest BCUT2D eigenvalue weighted by atomic mass is 32.2. The Morgan fingerprint density at radius 2 is 2.04 bits per heavy atom. The van der Waals surface area contributed by atoms with Crippen LogP contribution in [0.4, 0.5) is 0 Å². The third kappa shape index (κ3) is 4.54. The molecule has 2 amide bonds. The van der Waals surface area contributed by atoms with Crippen LogP contribution >= 0.6 is 0 Å². The van der Waals surface area contributed by atoms with Crippen LogP contribution in [-0.4, -0.2) is 51.0 Å². The molecule has 1 fully saturated rings. The van der Waals surface area contributed by atoms with E-state index in [0.717, 1.165) is 19.1 Å². The molecule has 1 unspecified atom stereocenters. The normalized spacial score (nSPS) is 18.5. The maximum Gasteiger partial charge on any atom is 0.254 e. The van der Waals surface area contributed by atoms with Crippen molar-refractivity contribution in [1.82, 2.24) is 10.2 Å². The summed E-state index contributed by atoms with van der Waals surface area (Å²) in [6.45, 7) is 0.535. The molecule has 6 nitrogen and oxygen atoms in total. The molecule has 23 heavy (non-hydrogen) atoms. The Labute approximate surface area is 136 Å². The number of rotatable bonds is 4. The summed E-state index contributed by atoms with van der Waals surface area (Å²) in [5, 5.41) is 2.60. The van der Waals surface area contributed by atoms with Crippen LogP contribution in [0.1, 0.15) is 35.2 Å². The van der Waals surface area contributed by atoms with E-state index < -0.39 is 15.9 Å². The quantitative estimate of drug-likeness (QED) is 0.887. The van der Waals surface area contributed by atoms with Gasteiger partial charge in [-0.2, -0.15) is 0 Å². The fraction of sp³-hybridized carbons (Fsp3) is 0.500. The predicted octanol–water partition coefficient (Wildman–Crippen LogP) is 0.972. The predicted molar refractivity (Wildman–Crippen MR) is 87.7 cm³/mol. The van der Waals surface area contributed by atoms with Gasteiger partial charge in [-0.25, -0.2) is 8.42 Å². The molecular formula is C16H22N2O4S. The Morgan fingerprint density at radius 3 is 2.70 bits per heavy atom. The number of nitrogens with one attached hydrogen (secondary N) is 1. The summed E-state index contributed by atoms with van der Waals surface area (Å²) in [5.74, 6) is -0.494. The minimum atomic E-state index is -3.16. The average molecular weight is 338 g/mol. The fourth-order valence-corrected chi connectivity index (χ4v) is 3.66. The molecule has 1 aromatic carbocycles. The first kappa shape index (κ1) is 17.5. The summed E-state index contributed by atoms with van der Waals surface area (Å²) >= 11 is 0. The molecule has 1 aliphatic heterocycles. The second-order valence-corrected chi connectivity index (χ2v) is 8.04. The number of likely N-dealkylation sites (tertiary alicyclic amines) is 1. The number of nitrogens with zero attached hydrogens (tertiary/aromatic N) is 1. The van der Waals surface area contributed by atoms with E-state index in [9.17, 15) is 18.0 Å². The lowest BCUT2D eigenvalue weighted by atomic mass is 9.99.